The summed E-state index contributed by atoms with van der Waals surface area (Å²) in [4.78, 5) is 3.83. The monoisotopic (exact) mass is 260 g/mol. The first-order valence-corrected chi connectivity index (χ1v) is 6.56. The second-order valence-corrected chi connectivity index (χ2v) is 5.46. The van der Waals surface area contributed by atoms with E-state index in [-0.39, 0.29) is 16.1 Å². The lowest BCUT2D eigenvalue weighted by atomic mass is 10.3. The fourth-order valence-electron chi connectivity index (χ4n) is 1.15. The zero-order valence-electron chi connectivity index (χ0n) is 8.85. The van der Waals surface area contributed by atoms with Gasteiger partial charge in [0.05, 0.1) is 0 Å². The van der Waals surface area contributed by atoms with Crippen LogP contribution in [0.2, 0.25) is 5.15 Å². The van der Waals surface area contributed by atoms with E-state index in [0.29, 0.717) is 6.42 Å². The van der Waals surface area contributed by atoms with Crippen molar-refractivity contribution in [3.05, 3.63) is 36.1 Å². The van der Waals surface area contributed by atoms with Crippen LogP contribution in [0.3, 0.4) is 0 Å². The Kier molecular flexibility index (Phi) is 4.46. The summed E-state index contributed by atoms with van der Waals surface area (Å²) in [5.74, 6) is 0. The van der Waals surface area contributed by atoms with E-state index in [1.165, 1.54) is 18.3 Å². The zero-order chi connectivity index (χ0) is 12.2. The summed E-state index contributed by atoms with van der Waals surface area (Å²) in [7, 11) is -3.52. The smallest absolute Gasteiger partial charge is 0.242 e. The molecule has 1 atom stereocenters. The first kappa shape index (κ1) is 13.2. The maximum absolute atomic E-state index is 11.8. The van der Waals surface area contributed by atoms with Crippen molar-refractivity contribution in [2.45, 2.75) is 24.3 Å². The van der Waals surface area contributed by atoms with E-state index in [2.05, 4.69) is 16.3 Å². The van der Waals surface area contributed by atoms with Crippen LogP contribution in [0.1, 0.15) is 13.3 Å². The lowest BCUT2D eigenvalue weighted by Crippen LogP contribution is -2.32. The van der Waals surface area contributed by atoms with E-state index in [1.807, 2.05) is 0 Å². The number of nitrogens with zero attached hydrogens (tertiary/aromatic N) is 1. The first-order chi connectivity index (χ1) is 7.45. The highest BCUT2D eigenvalue weighted by atomic mass is 35.5. The van der Waals surface area contributed by atoms with Gasteiger partial charge in [-0.3, -0.25) is 0 Å². The molecule has 0 aliphatic rings. The third-order valence-electron chi connectivity index (χ3n) is 1.89. The summed E-state index contributed by atoms with van der Waals surface area (Å²) in [6.07, 6.45) is 3.46. The maximum Gasteiger partial charge on any atom is 0.242 e. The zero-order valence-corrected chi connectivity index (χ0v) is 10.4. The molecule has 0 aromatic carbocycles. The molecule has 4 nitrogen and oxygen atoms in total. The Morgan fingerprint density at radius 1 is 1.62 bits per heavy atom. The number of hydrogen-bond donors (Lipinski definition) is 1. The Morgan fingerprint density at radius 2 is 2.31 bits per heavy atom. The molecule has 0 bridgehead atoms. The Morgan fingerprint density at radius 3 is 2.81 bits per heavy atom. The second-order valence-electron chi connectivity index (χ2n) is 3.36. The molecule has 1 unspecified atom stereocenters. The highest BCUT2D eigenvalue weighted by Gasteiger charge is 2.16. The van der Waals surface area contributed by atoms with Crippen molar-refractivity contribution in [2.24, 2.45) is 0 Å². The molecule has 0 saturated heterocycles. The van der Waals surface area contributed by atoms with Gasteiger partial charge < -0.3 is 0 Å². The molecule has 1 aromatic rings. The number of hydrogen-bond acceptors (Lipinski definition) is 3. The number of rotatable bonds is 5. The van der Waals surface area contributed by atoms with Gasteiger partial charge >= 0.3 is 0 Å². The van der Waals surface area contributed by atoms with Gasteiger partial charge in [-0.2, -0.15) is 0 Å². The van der Waals surface area contributed by atoms with Gasteiger partial charge in [0.1, 0.15) is 10.0 Å². The molecule has 1 rings (SSSR count). The van der Waals surface area contributed by atoms with Gasteiger partial charge in [-0.15, -0.1) is 6.58 Å². The lowest BCUT2D eigenvalue weighted by molar-refractivity contribution is 0.562. The van der Waals surface area contributed by atoms with Crippen LogP contribution in [0.15, 0.2) is 35.9 Å². The minimum atomic E-state index is -3.52. The van der Waals surface area contributed by atoms with Crippen LogP contribution in [0.4, 0.5) is 0 Å². The van der Waals surface area contributed by atoms with Crippen LogP contribution < -0.4 is 4.72 Å². The molecule has 1 N–H and O–H groups in total. The van der Waals surface area contributed by atoms with E-state index < -0.39 is 10.0 Å². The summed E-state index contributed by atoms with van der Waals surface area (Å²) in [5.41, 5.74) is 0. The Bertz CT molecular complexity index is 456. The number of pyridine rings is 1. The van der Waals surface area contributed by atoms with Gasteiger partial charge in [0.25, 0.3) is 0 Å². The Labute approximate surface area is 100 Å². The molecule has 88 valence electrons. The van der Waals surface area contributed by atoms with Crippen LogP contribution in [-0.2, 0) is 10.0 Å². The molecule has 0 aliphatic heterocycles. The molecule has 1 aromatic heterocycles. The Hall–Kier alpha value is -0.910. The van der Waals surface area contributed by atoms with Crippen molar-refractivity contribution in [3.8, 4) is 0 Å². The van der Waals surface area contributed by atoms with Gasteiger partial charge in [0.15, 0.2) is 0 Å². The topological polar surface area (TPSA) is 59.1 Å². The van der Waals surface area contributed by atoms with Crippen LogP contribution in [0.25, 0.3) is 0 Å². The number of halogens is 1. The average molecular weight is 261 g/mol. The highest BCUT2D eigenvalue weighted by molar-refractivity contribution is 7.89. The maximum atomic E-state index is 11.8. The van der Waals surface area contributed by atoms with E-state index in [1.54, 1.807) is 13.0 Å². The van der Waals surface area contributed by atoms with Crippen LogP contribution in [0.5, 0.6) is 0 Å². The molecule has 6 heteroatoms. The standard InChI is InChI=1S/C10H13ClN2O2S/c1-3-4-8(2)13-16(14,15)9-5-6-10(11)12-7-9/h3,5-8,13H,1,4H2,2H3. The van der Waals surface area contributed by atoms with Gasteiger partial charge in [0.2, 0.25) is 10.0 Å². The van der Waals surface area contributed by atoms with Crippen LogP contribution in [0, 0.1) is 0 Å². The SMILES string of the molecule is C=CCC(C)NS(=O)(=O)c1ccc(Cl)nc1. The molecule has 0 radical (unpaired) electrons. The largest absolute Gasteiger partial charge is 0.243 e. The molecule has 0 saturated carbocycles. The van der Waals surface area contributed by atoms with Crippen molar-refractivity contribution < 1.29 is 8.42 Å². The molecule has 0 amide bonds. The third kappa shape index (κ3) is 3.59. The molecule has 0 fully saturated rings. The van der Waals surface area contributed by atoms with Gasteiger partial charge in [-0.05, 0) is 25.5 Å². The van der Waals surface area contributed by atoms with Crippen molar-refractivity contribution in [1.82, 2.24) is 9.71 Å². The predicted octanol–water partition coefficient (Wildman–Crippen LogP) is 1.98. The fourth-order valence-corrected chi connectivity index (χ4v) is 2.46. The quantitative estimate of drug-likeness (QED) is 0.651. The normalized spacial score (nSPS) is 13.4. The van der Waals surface area contributed by atoms with Gasteiger partial charge in [-0.1, -0.05) is 17.7 Å². The summed E-state index contributed by atoms with van der Waals surface area (Å²) in [6.45, 7) is 5.32. The van der Waals surface area contributed by atoms with E-state index in [9.17, 15) is 8.42 Å². The van der Waals surface area contributed by atoms with E-state index >= 15 is 0 Å². The van der Waals surface area contributed by atoms with Crippen LogP contribution in [-0.4, -0.2) is 19.4 Å². The summed E-state index contributed by atoms with van der Waals surface area (Å²) >= 11 is 5.58. The van der Waals surface area contributed by atoms with E-state index in [4.69, 9.17) is 11.6 Å². The number of aromatic nitrogens is 1. The van der Waals surface area contributed by atoms with Crippen LogP contribution >= 0.6 is 11.6 Å². The lowest BCUT2D eigenvalue weighted by Gasteiger charge is -2.11. The second kappa shape index (κ2) is 5.43. The average Bonchev–Trinajstić information content (AvgIpc) is 2.17. The minimum absolute atomic E-state index is 0.104. The molecule has 0 spiro atoms. The summed E-state index contributed by atoms with van der Waals surface area (Å²) < 4.78 is 26.1. The van der Waals surface area contributed by atoms with Gasteiger partial charge in [0, 0.05) is 12.2 Å². The predicted molar refractivity (Wildman–Crippen MR) is 63.8 cm³/mol. The van der Waals surface area contributed by atoms with Crippen molar-refractivity contribution in [2.75, 3.05) is 0 Å². The molecule has 16 heavy (non-hydrogen) atoms. The molecular weight excluding hydrogens is 248 g/mol. The van der Waals surface area contributed by atoms with Crippen molar-refractivity contribution in [1.29, 1.82) is 0 Å². The van der Waals surface area contributed by atoms with Crippen molar-refractivity contribution in [3.63, 3.8) is 0 Å². The summed E-state index contributed by atoms with van der Waals surface area (Å²) in [5, 5.41) is 0.262. The Balaban J connectivity index is 2.85. The first-order valence-electron chi connectivity index (χ1n) is 4.70. The van der Waals surface area contributed by atoms with Gasteiger partial charge in [-0.25, -0.2) is 18.1 Å². The minimum Gasteiger partial charge on any atom is -0.243 e. The van der Waals surface area contributed by atoms with E-state index in [0.717, 1.165) is 0 Å². The molecular formula is C10H13ClN2O2S. The summed E-state index contributed by atoms with van der Waals surface area (Å²) in [6, 6.07) is 2.66. The number of sulfonamides is 1. The van der Waals surface area contributed by atoms with Crippen molar-refractivity contribution >= 4 is 21.6 Å². The fraction of sp³-hybridized carbons (Fsp3) is 0.300. The molecule has 1 heterocycles. The third-order valence-corrected chi connectivity index (χ3v) is 3.69. The highest BCUT2D eigenvalue weighted by Crippen LogP contribution is 2.11. The molecule has 0 aliphatic carbocycles. The number of nitrogens with one attached hydrogen (secondary N) is 1.